The molecule has 0 radical (unpaired) electrons. The van der Waals surface area contributed by atoms with Gasteiger partial charge in [-0.05, 0) is 19.1 Å². The van der Waals surface area contributed by atoms with E-state index in [0.717, 1.165) is 5.16 Å². The first-order chi connectivity index (χ1) is 8.61. The van der Waals surface area contributed by atoms with E-state index >= 15 is 0 Å². The van der Waals surface area contributed by atoms with Crippen LogP contribution in [0.1, 0.15) is 28.5 Å². The molecule has 2 aromatic heterocycles. The van der Waals surface area contributed by atoms with Gasteiger partial charge in [-0.3, -0.25) is 0 Å². The van der Waals surface area contributed by atoms with Crippen molar-refractivity contribution in [1.82, 2.24) is 14.8 Å². The Kier molecular flexibility index (Phi) is 3.71. The van der Waals surface area contributed by atoms with E-state index in [1.165, 1.54) is 25.2 Å². The van der Waals surface area contributed by atoms with Crippen LogP contribution in [0.3, 0.4) is 0 Å². The molecular formula is C11H13N3O3S. The summed E-state index contributed by atoms with van der Waals surface area (Å²) in [4.78, 5) is 15.4. The molecule has 18 heavy (non-hydrogen) atoms. The summed E-state index contributed by atoms with van der Waals surface area (Å²) < 4.78 is 11.7. The average Bonchev–Trinajstić information content (AvgIpc) is 2.98. The lowest BCUT2D eigenvalue weighted by molar-refractivity contribution is 0.0563. The van der Waals surface area contributed by atoms with Gasteiger partial charge in [0.15, 0.2) is 5.16 Å². The fourth-order valence-electron chi connectivity index (χ4n) is 1.39. The summed E-state index contributed by atoms with van der Waals surface area (Å²) in [5.41, 5.74) is 0. The van der Waals surface area contributed by atoms with Crippen molar-refractivity contribution in [2.24, 2.45) is 7.05 Å². The topological polar surface area (TPSA) is 70.2 Å². The lowest BCUT2D eigenvalue weighted by Crippen LogP contribution is -1.98. The molecule has 0 spiro atoms. The third-order valence-electron chi connectivity index (χ3n) is 2.37. The molecule has 0 N–H and O–H groups in total. The molecule has 2 aromatic rings. The van der Waals surface area contributed by atoms with Crippen molar-refractivity contribution >= 4 is 17.7 Å². The Balaban J connectivity index is 2.10. The van der Waals surface area contributed by atoms with Crippen LogP contribution in [0.4, 0.5) is 0 Å². The maximum Gasteiger partial charge on any atom is 0.373 e. The van der Waals surface area contributed by atoms with Crippen molar-refractivity contribution in [2.45, 2.75) is 17.3 Å². The number of methoxy groups -OCH3 is 1. The van der Waals surface area contributed by atoms with Gasteiger partial charge in [-0.2, -0.15) is 5.10 Å². The minimum atomic E-state index is -0.475. The quantitative estimate of drug-likeness (QED) is 0.623. The highest BCUT2D eigenvalue weighted by Crippen LogP contribution is 2.34. The maximum atomic E-state index is 11.3. The average molecular weight is 267 g/mol. The fourth-order valence-corrected chi connectivity index (χ4v) is 2.26. The van der Waals surface area contributed by atoms with E-state index in [9.17, 15) is 4.79 Å². The van der Waals surface area contributed by atoms with Crippen LogP contribution in [0, 0.1) is 0 Å². The van der Waals surface area contributed by atoms with Gasteiger partial charge in [-0.15, -0.1) is 0 Å². The minimum absolute atomic E-state index is 0.0336. The Morgan fingerprint density at radius 1 is 1.56 bits per heavy atom. The largest absolute Gasteiger partial charge is 0.463 e. The second-order valence-corrected chi connectivity index (χ2v) is 4.93. The molecule has 0 aliphatic carbocycles. The summed E-state index contributed by atoms with van der Waals surface area (Å²) in [6, 6.07) is 3.37. The standard InChI is InChI=1S/C11H13N3O3S/c1-7(18-11-12-6-13-14(11)2)8-4-5-9(17-8)10(15)16-3/h4-7H,1-3H3. The zero-order valence-electron chi connectivity index (χ0n) is 10.3. The highest BCUT2D eigenvalue weighted by molar-refractivity contribution is 7.99. The van der Waals surface area contributed by atoms with E-state index in [-0.39, 0.29) is 11.0 Å². The summed E-state index contributed by atoms with van der Waals surface area (Å²) in [6.45, 7) is 1.97. The second kappa shape index (κ2) is 5.26. The van der Waals surface area contributed by atoms with Gasteiger partial charge >= 0.3 is 5.97 Å². The van der Waals surface area contributed by atoms with Crippen LogP contribution in [0.15, 0.2) is 28.0 Å². The number of aromatic nitrogens is 3. The van der Waals surface area contributed by atoms with E-state index < -0.39 is 5.97 Å². The molecule has 6 nitrogen and oxygen atoms in total. The number of rotatable bonds is 4. The number of aryl methyl sites for hydroxylation is 1. The van der Waals surface area contributed by atoms with Crippen molar-refractivity contribution in [1.29, 1.82) is 0 Å². The molecule has 2 heterocycles. The third kappa shape index (κ3) is 2.56. The number of esters is 1. The molecule has 0 aliphatic heterocycles. The second-order valence-electron chi connectivity index (χ2n) is 3.62. The molecule has 7 heteroatoms. The van der Waals surface area contributed by atoms with Crippen molar-refractivity contribution in [3.8, 4) is 0 Å². The first kappa shape index (κ1) is 12.7. The smallest absolute Gasteiger partial charge is 0.373 e. The number of nitrogens with zero attached hydrogens (tertiary/aromatic N) is 3. The molecule has 0 saturated heterocycles. The Labute approximate surface area is 108 Å². The highest BCUT2D eigenvalue weighted by Gasteiger charge is 2.17. The van der Waals surface area contributed by atoms with Gasteiger partial charge in [0.25, 0.3) is 0 Å². The Morgan fingerprint density at radius 2 is 2.33 bits per heavy atom. The summed E-state index contributed by atoms with van der Waals surface area (Å²) in [5, 5.41) is 4.81. The van der Waals surface area contributed by atoms with E-state index in [4.69, 9.17) is 4.42 Å². The Bertz CT molecular complexity index is 549. The predicted molar refractivity (Wildman–Crippen MR) is 65.3 cm³/mol. The van der Waals surface area contributed by atoms with Crippen molar-refractivity contribution < 1.29 is 13.9 Å². The molecule has 0 fully saturated rings. The molecule has 0 amide bonds. The molecule has 1 unspecified atom stereocenters. The number of hydrogen-bond acceptors (Lipinski definition) is 6. The molecular weight excluding hydrogens is 254 g/mol. The fraction of sp³-hybridized carbons (Fsp3) is 0.364. The van der Waals surface area contributed by atoms with Gasteiger partial charge in [0, 0.05) is 7.05 Å². The molecule has 1 atom stereocenters. The van der Waals surface area contributed by atoms with Crippen LogP contribution in [0.25, 0.3) is 0 Å². The molecule has 0 aliphatic rings. The number of furan rings is 1. The van der Waals surface area contributed by atoms with Gasteiger partial charge in [-0.25, -0.2) is 14.5 Å². The summed E-state index contributed by atoms with van der Waals surface area (Å²) >= 11 is 1.51. The van der Waals surface area contributed by atoms with Crippen molar-refractivity contribution in [3.63, 3.8) is 0 Å². The van der Waals surface area contributed by atoms with Gasteiger partial charge < -0.3 is 9.15 Å². The van der Waals surface area contributed by atoms with Gasteiger partial charge in [0.05, 0.1) is 12.4 Å². The van der Waals surface area contributed by atoms with Gasteiger partial charge in [0.2, 0.25) is 5.76 Å². The number of hydrogen-bond donors (Lipinski definition) is 0. The summed E-state index contributed by atoms with van der Waals surface area (Å²) in [6.07, 6.45) is 1.50. The first-order valence-corrected chi connectivity index (χ1v) is 6.18. The molecule has 0 saturated carbocycles. The van der Waals surface area contributed by atoms with E-state index in [0.29, 0.717) is 5.76 Å². The number of thioether (sulfide) groups is 1. The summed E-state index contributed by atoms with van der Waals surface area (Å²) in [7, 11) is 3.15. The Hall–Kier alpha value is -1.76. The first-order valence-electron chi connectivity index (χ1n) is 5.30. The third-order valence-corrected chi connectivity index (χ3v) is 3.53. The van der Waals surface area contributed by atoms with Crippen LogP contribution in [0.5, 0.6) is 0 Å². The van der Waals surface area contributed by atoms with Crippen molar-refractivity contribution in [3.05, 3.63) is 30.0 Å². The van der Waals surface area contributed by atoms with E-state index in [1.807, 2.05) is 14.0 Å². The Morgan fingerprint density at radius 3 is 2.94 bits per heavy atom. The maximum absolute atomic E-state index is 11.3. The number of carbonyl (C=O) groups is 1. The van der Waals surface area contributed by atoms with E-state index in [2.05, 4.69) is 14.8 Å². The molecule has 2 rings (SSSR count). The lowest BCUT2D eigenvalue weighted by atomic mass is 10.3. The van der Waals surface area contributed by atoms with Crippen LogP contribution in [0.2, 0.25) is 0 Å². The van der Waals surface area contributed by atoms with Crippen LogP contribution in [-0.4, -0.2) is 27.8 Å². The van der Waals surface area contributed by atoms with E-state index in [1.54, 1.807) is 16.8 Å². The molecule has 0 aromatic carbocycles. The number of carbonyl (C=O) groups excluding carboxylic acids is 1. The normalized spacial score (nSPS) is 12.4. The SMILES string of the molecule is COC(=O)c1ccc(C(C)Sc2ncnn2C)o1. The number of ether oxygens (including phenoxy) is 1. The van der Waals surface area contributed by atoms with Gasteiger partial charge in [-0.1, -0.05) is 11.8 Å². The monoisotopic (exact) mass is 267 g/mol. The highest BCUT2D eigenvalue weighted by atomic mass is 32.2. The molecule has 96 valence electrons. The van der Waals surface area contributed by atoms with Crippen molar-refractivity contribution in [2.75, 3.05) is 7.11 Å². The predicted octanol–water partition coefficient (Wildman–Crippen LogP) is 2.05. The van der Waals surface area contributed by atoms with Crippen LogP contribution >= 0.6 is 11.8 Å². The van der Waals surface area contributed by atoms with Crippen LogP contribution in [-0.2, 0) is 11.8 Å². The zero-order valence-corrected chi connectivity index (χ0v) is 11.1. The zero-order chi connectivity index (χ0) is 13.1. The van der Waals surface area contributed by atoms with Crippen LogP contribution < -0.4 is 0 Å². The lowest BCUT2D eigenvalue weighted by Gasteiger charge is -2.06. The molecule has 0 bridgehead atoms. The van der Waals surface area contributed by atoms with Gasteiger partial charge in [0.1, 0.15) is 12.1 Å². The minimum Gasteiger partial charge on any atom is -0.463 e. The summed E-state index contributed by atoms with van der Waals surface area (Å²) in [5.74, 6) is 0.429.